The van der Waals surface area contributed by atoms with E-state index in [0.29, 0.717) is 5.75 Å². The maximum absolute atomic E-state index is 12.2. The molecule has 1 amide bonds. The average molecular weight is 351 g/mol. The lowest BCUT2D eigenvalue weighted by molar-refractivity contribution is -0.113. The number of aryl methyl sites for hydroxylation is 2. The van der Waals surface area contributed by atoms with E-state index in [9.17, 15) is 4.79 Å². The van der Waals surface area contributed by atoms with Crippen LogP contribution in [0.3, 0.4) is 0 Å². The standard InChI is InChI=1S/C20H21N3OS/c1-15-5-3-6-16(2)20(15)22-19(24)14-25-13-17-7-9-18(10-8-17)23-12-4-11-21-23/h3-12H,13-14H2,1-2H3,(H,22,24). The molecule has 0 aliphatic heterocycles. The van der Waals surface area contributed by atoms with E-state index in [0.717, 1.165) is 28.3 Å². The molecule has 0 saturated heterocycles. The fourth-order valence-electron chi connectivity index (χ4n) is 2.62. The van der Waals surface area contributed by atoms with Gasteiger partial charge in [-0.05, 0) is 48.7 Å². The molecule has 3 rings (SSSR count). The normalized spacial score (nSPS) is 10.6. The number of para-hydroxylation sites is 1. The van der Waals surface area contributed by atoms with Crippen LogP contribution in [0.15, 0.2) is 60.9 Å². The molecule has 0 fully saturated rings. The Labute approximate surface area is 152 Å². The zero-order chi connectivity index (χ0) is 17.6. The van der Waals surface area contributed by atoms with Crippen molar-refractivity contribution in [2.45, 2.75) is 19.6 Å². The lowest BCUT2D eigenvalue weighted by Gasteiger charge is -2.11. The van der Waals surface area contributed by atoms with Gasteiger partial charge < -0.3 is 5.32 Å². The molecule has 3 aromatic rings. The first-order valence-electron chi connectivity index (χ1n) is 8.16. The van der Waals surface area contributed by atoms with E-state index < -0.39 is 0 Å². The Morgan fingerprint density at radius 3 is 2.44 bits per heavy atom. The van der Waals surface area contributed by atoms with Gasteiger partial charge in [0.25, 0.3) is 0 Å². The summed E-state index contributed by atoms with van der Waals surface area (Å²) in [6.07, 6.45) is 3.68. The number of nitrogens with one attached hydrogen (secondary N) is 1. The van der Waals surface area contributed by atoms with E-state index in [1.165, 1.54) is 5.56 Å². The Balaban J connectivity index is 1.50. The molecule has 4 nitrogen and oxygen atoms in total. The molecule has 0 aliphatic carbocycles. The third-order valence-corrected chi connectivity index (χ3v) is 4.96. The molecule has 25 heavy (non-hydrogen) atoms. The first-order valence-corrected chi connectivity index (χ1v) is 9.32. The number of benzene rings is 2. The van der Waals surface area contributed by atoms with Crippen LogP contribution in [0.2, 0.25) is 0 Å². The highest BCUT2D eigenvalue weighted by Crippen LogP contribution is 2.20. The molecular weight excluding hydrogens is 330 g/mol. The van der Waals surface area contributed by atoms with Gasteiger partial charge >= 0.3 is 0 Å². The Kier molecular flexibility index (Phi) is 5.56. The summed E-state index contributed by atoms with van der Waals surface area (Å²) in [7, 11) is 0. The molecule has 0 spiro atoms. The number of hydrogen-bond donors (Lipinski definition) is 1. The molecule has 5 heteroatoms. The van der Waals surface area contributed by atoms with Crippen molar-refractivity contribution in [3.8, 4) is 5.69 Å². The summed E-state index contributed by atoms with van der Waals surface area (Å²) in [4.78, 5) is 12.2. The molecule has 1 aromatic heterocycles. The SMILES string of the molecule is Cc1cccc(C)c1NC(=O)CSCc1ccc(-n2cccn2)cc1. The lowest BCUT2D eigenvalue weighted by atomic mass is 10.1. The predicted molar refractivity (Wildman–Crippen MR) is 104 cm³/mol. The fourth-order valence-corrected chi connectivity index (χ4v) is 3.40. The van der Waals surface area contributed by atoms with Crippen molar-refractivity contribution in [2.24, 2.45) is 0 Å². The molecule has 128 valence electrons. The van der Waals surface area contributed by atoms with Crippen LogP contribution in [0.1, 0.15) is 16.7 Å². The topological polar surface area (TPSA) is 46.9 Å². The molecule has 0 atom stereocenters. The van der Waals surface area contributed by atoms with Crippen LogP contribution >= 0.6 is 11.8 Å². The highest BCUT2D eigenvalue weighted by molar-refractivity contribution is 7.99. The zero-order valence-corrected chi connectivity index (χ0v) is 15.2. The monoisotopic (exact) mass is 351 g/mol. The molecule has 0 radical (unpaired) electrons. The van der Waals surface area contributed by atoms with Gasteiger partial charge in [-0.15, -0.1) is 11.8 Å². The first kappa shape index (κ1) is 17.3. The second-order valence-corrected chi connectivity index (χ2v) is 6.91. The molecule has 1 N–H and O–H groups in total. The van der Waals surface area contributed by atoms with Crippen molar-refractivity contribution in [3.05, 3.63) is 77.6 Å². The zero-order valence-electron chi connectivity index (χ0n) is 14.4. The molecule has 0 aliphatic rings. The van der Waals surface area contributed by atoms with E-state index in [4.69, 9.17) is 0 Å². The molecule has 1 heterocycles. The van der Waals surface area contributed by atoms with Crippen molar-refractivity contribution in [1.82, 2.24) is 9.78 Å². The highest BCUT2D eigenvalue weighted by Gasteiger charge is 2.07. The van der Waals surface area contributed by atoms with Gasteiger partial charge in [-0.3, -0.25) is 4.79 Å². The van der Waals surface area contributed by atoms with Crippen LogP contribution < -0.4 is 5.32 Å². The van der Waals surface area contributed by atoms with Gasteiger partial charge in [0, 0.05) is 23.8 Å². The second kappa shape index (κ2) is 8.03. The van der Waals surface area contributed by atoms with Gasteiger partial charge in [0.2, 0.25) is 5.91 Å². The Morgan fingerprint density at radius 1 is 1.08 bits per heavy atom. The number of carbonyl (C=O) groups is 1. The number of aromatic nitrogens is 2. The number of carbonyl (C=O) groups excluding carboxylic acids is 1. The molecule has 0 saturated carbocycles. The van der Waals surface area contributed by atoms with Crippen LogP contribution in [0.5, 0.6) is 0 Å². The average Bonchev–Trinajstić information content (AvgIpc) is 3.13. The summed E-state index contributed by atoms with van der Waals surface area (Å²) >= 11 is 1.61. The predicted octanol–water partition coefficient (Wildman–Crippen LogP) is 4.36. The Bertz CT molecular complexity index is 822. The lowest BCUT2D eigenvalue weighted by Crippen LogP contribution is -2.15. The van der Waals surface area contributed by atoms with Crippen LogP contribution in [-0.2, 0) is 10.5 Å². The smallest absolute Gasteiger partial charge is 0.234 e. The summed E-state index contributed by atoms with van der Waals surface area (Å²) in [5.41, 5.74) is 5.34. The van der Waals surface area contributed by atoms with Crippen molar-refractivity contribution in [1.29, 1.82) is 0 Å². The number of nitrogens with zero attached hydrogens (tertiary/aromatic N) is 2. The number of rotatable bonds is 6. The minimum atomic E-state index is 0.0376. The quantitative estimate of drug-likeness (QED) is 0.718. The van der Waals surface area contributed by atoms with Gasteiger partial charge in [-0.1, -0.05) is 30.3 Å². The number of hydrogen-bond acceptors (Lipinski definition) is 3. The van der Waals surface area contributed by atoms with Gasteiger partial charge in [0.05, 0.1) is 11.4 Å². The summed E-state index contributed by atoms with van der Waals surface area (Å²) in [5, 5.41) is 7.24. The molecular formula is C20H21N3OS. The summed E-state index contributed by atoms with van der Waals surface area (Å²) in [6, 6.07) is 16.2. The van der Waals surface area contributed by atoms with Crippen molar-refractivity contribution < 1.29 is 4.79 Å². The van der Waals surface area contributed by atoms with Gasteiger partial charge in [0.1, 0.15) is 0 Å². The first-order chi connectivity index (χ1) is 12.1. The van der Waals surface area contributed by atoms with Gasteiger partial charge in [0.15, 0.2) is 0 Å². The minimum absolute atomic E-state index is 0.0376. The van der Waals surface area contributed by atoms with Crippen LogP contribution in [-0.4, -0.2) is 21.4 Å². The maximum atomic E-state index is 12.2. The van der Waals surface area contributed by atoms with Crippen molar-refractivity contribution in [2.75, 3.05) is 11.1 Å². The highest BCUT2D eigenvalue weighted by atomic mass is 32.2. The van der Waals surface area contributed by atoms with Crippen LogP contribution in [0.25, 0.3) is 5.69 Å². The summed E-state index contributed by atoms with van der Waals surface area (Å²) in [5.74, 6) is 1.28. The molecule has 2 aromatic carbocycles. The summed E-state index contributed by atoms with van der Waals surface area (Å²) in [6.45, 7) is 4.02. The number of amides is 1. The number of thioether (sulfide) groups is 1. The Hall–Kier alpha value is -2.53. The van der Waals surface area contributed by atoms with Gasteiger partial charge in [-0.2, -0.15) is 5.10 Å². The summed E-state index contributed by atoms with van der Waals surface area (Å²) < 4.78 is 1.83. The fraction of sp³-hybridized carbons (Fsp3) is 0.200. The third kappa shape index (κ3) is 4.51. The maximum Gasteiger partial charge on any atom is 0.234 e. The van der Waals surface area contributed by atoms with Crippen LogP contribution in [0.4, 0.5) is 5.69 Å². The van der Waals surface area contributed by atoms with E-state index in [1.807, 2.05) is 61.1 Å². The van der Waals surface area contributed by atoms with E-state index >= 15 is 0 Å². The van der Waals surface area contributed by atoms with E-state index in [1.54, 1.807) is 18.0 Å². The van der Waals surface area contributed by atoms with E-state index in [-0.39, 0.29) is 5.91 Å². The van der Waals surface area contributed by atoms with Crippen LogP contribution in [0, 0.1) is 13.8 Å². The minimum Gasteiger partial charge on any atom is -0.325 e. The van der Waals surface area contributed by atoms with Crippen molar-refractivity contribution >= 4 is 23.4 Å². The third-order valence-electron chi connectivity index (χ3n) is 3.95. The molecule has 0 bridgehead atoms. The largest absolute Gasteiger partial charge is 0.325 e. The van der Waals surface area contributed by atoms with E-state index in [2.05, 4.69) is 22.5 Å². The second-order valence-electron chi connectivity index (χ2n) is 5.92. The van der Waals surface area contributed by atoms with Gasteiger partial charge in [-0.25, -0.2) is 4.68 Å². The molecule has 0 unspecified atom stereocenters. The Morgan fingerprint density at radius 2 is 1.80 bits per heavy atom. The van der Waals surface area contributed by atoms with Crippen molar-refractivity contribution in [3.63, 3.8) is 0 Å². The number of anilines is 1.